The van der Waals surface area contributed by atoms with Crippen molar-refractivity contribution in [2.24, 2.45) is 0 Å². The monoisotopic (exact) mass is 265 g/mol. The van der Waals surface area contributed by atoms with Crippen LogP contribution in [0.15, 0.2) is 30.6 Å². The summed E-state index contributed by atoms with van der Waals surface area (Å²) in [5, 5.41) is 4.50. The zero-order valence-corrected chi connectivity index (χ0v) is 10.6. The molecule has 2 heterocycles. The van der Waals surface area contributed by atoms with Gasteiger partial charge in [-0.1, -0.05) is 11.6 Å². The highest BCUT2D eigenvalue weighted by Crippen LogP contribution is 2.24. The Morgan fingerprint density at radius 2 is 2.00 bits per heavy atom. The summed E-state index contributed by atoms with van der Waals surface area (Å²) in [5.74, 6) is -0.279. The smallest absolute Gasteiger partial charge is 0.150 e. The normalized spacial score (nSPS) is 15.3. The van der Waals surface area contributed by atoms with Gasteiger partial charge < -0.3 is 4.90 Å². The van der Waals surface area contributed by atoms with Crippen LogP contribution in [-0.4, -0.2) is 22.9 Å². The molecule has 3 nitrogen and oxygen atoms in total. The fraction of sp³-hybridized carbons (Fsp3) is 0.308. The van der Waals surface area contributed by atoms with Crippen molar-refractivity contribution in [3.63, 3.8) is 0 Å². The number of halogens is 2. The van der Waals surface area contributed by atoms with Gasteiger partial charge in [-0.15, -0.1) is 0 Å². The van der Waals surface area contributed by atoms with E-state index in [4.69, 9.17) is 11.6 Å². The molecule has 1 aromatic carbocycles. The molecule has 0 bridgehead atoms. The summed E-state index contributed by atoms with van der Waals surface area (Å²) < 4.78 is 15.5. The van der Waals surface area contributed by atoms with Crippen LogP contribution in [0.2, 0.25) is 5.02 Å². The predicted octanol–water partition coefficient (Wildman–Crippen LogP) is 3.27. The van der Waals surface area contributed by atoms with Crippen molar-refractivity contribution >= 4 is 17.3 Å². The summed E-state index contributed by atoms with van der Waals surface area (Å²) in [4.78, 5) is 2.20. The number of aromatic nitrogens is 2. The van der Waals surface area contributed by atoms with Crippen LogP contribution in [0.25, 0.3) is 5.69 Å². The second-order valence-electron chi connectivity index (χ2n) is 4.43. The Balaban J connectivity index is 1.93. The molecule has 94 valence electrons. The summed E-state index contributed by atoms with van der Waals surface area (Å²) in [5.41, 5.74) is 1.36. The minimum Gasteiger partial charge on any atom is -0.371 e. The number of hydrogen-bond acceptors (Lipinski definition) is 2. The van der Waals surface area contributed by atoms with Crippen molar-refractivity contribution < 1.29 is 4.39 Å². The summed E-state index contributed by atoms with van der Waals surface area (Å²) in [6, 6.07) is 5.24. The first kappa shape index (κ1) is 11.5. The van der Waals surface area contributed by atoms with Gasteiger partial charge in [0.15, 0.2) is 5.82 Å². The van der Waals surface area contributed by atoms with Crippen molar-refractivity contribution in [2.45, 2.75) is 12.8 Å². The Bertz CT molecular complexity index is 561. The lowest BCUT2D eigenvalue weighted by Crippen LogP contribution is -2.17. The maximum absolute atomic E-state index is 14.1. The van der Waals surface area contributed by atoms with Crippen molar-refractivity contribution in [2.75, 3.05) is 18.0 Å². The second kappa shape index (κ2) is 4.61. The molecule has 3 rings (SSSR count). The van der Waals surface area contributed by atoms with Crippen molar-refractivity contribution in [1.82, 2.24) is 9.78 Å². The van der Waals surface area contributed by atoms with E-state index in [1.807, 2.05) is 6.07 Å². The Kier molecular flexibility index (Phi) is 2.96. The van der Waals surface area contributed by atoms with E-state index in [2.05, 4.69) is 10.00 Å². The van der Waals surface area contributed by atoms with E-state index in [0.29, 0.717) is 10.7 Å². The second-order valence-corrected chi connectivity index (χ2v) is 4.87. The van der Waals surface area contributed by atoms with Gasteiger partial charge >= 0.3 is 0 Å². The maximum atomic E-state index is 14.1. The van der Waals surface area contributed by atoms with Crippen molar-refractivity contribution in [3.05, 3.63) is 41.4 Å². The number of hydrogen-bond donors (Lipinski definition) is 0. The van der Waals surface area contributed by atoms with Crippen molar-refractivity contribution in [3.8, 4) is 5.69 Å². The average molecular weight is 266 g/mol. The molecule has 0 amide bonds. The lowest BCUT2D eigenvalue weighted by atomic mass is 10.2. The van der Waals surface area contributed by atoms with Crippen LogP contribution in [0.3, 0.4) is 0 Å². The van der Waals surface area contributed by atoms with Gasteiger partial charge in [-0.3, -0.25) is 0 Å². The van der Waals surface area contributed by atoms with Gasteiger partial charge in [0.05, 0.1) is 11.2 Å². The number of rotatable bonds is 2. The highest BCUT2D eigenvalue weighted by Gasteiger charge is 2.14. The molecular weight excluding hydrogens is 253 g/mol. The molecule has 0 spiro atoms. The van der Waals surface area contributed by atoms with Crippen LogP contribution in [0.4, 0.5) is 10.1 Å². The first-order valence-corrected chi connectivity index (χ1v) is 6.37. The Morgan fingerprint density at radius 3 is 2.61 bits per heavy atom. The van der Waals surface area contributed by atoms with Crippen LogP contribution in [0, 0.1) is 5.82 Å². The zero-order chi connectivity index (χ0) is 12.5. The number of nitrogens with zero attached hydrogens (tertiary/aromatic N) is 3. The first-order valence-electron chi connectivity index (χ1n) is 5.99. The molecule has 0 atom stereocenters. The molecule has 18 heavy (non-hydrogen) atoms. The van der Waals surface area contributed by atoms with E-state index in [0.717, 1.165) is 18.8 Å². The fourth-order valence-electron chi connectivity index (χ4n) is 2.29. The third-order valence-electron chi connectivity index (χ3n) is 3.20. The molecule has 2 aromatic rings. The molecule has 0 unspecified atom stereocenters. The molecule has 0 radical (unpaired) electrons. The molecule has 1 aromatic heterocycles. The Hall–Kier alpha value is -1.55. The molecule has 0 saturated carbocycles. The maximum Gasteiger partial charge on any atom is 0.150 e. The molecule has 5 heteroatoms. The Morgan fingerprint density at radius 1 is 1.22 bits per heavy atom. The van der Waals surface area contributed by atoms with E-state index in [-0.39, 0.29) is 5.82 Å². The molecule has 1 saturated heterocycles. The molecule has 0 N–H and O–H groups in total. The molecule has 1 aliphatic rings. The van der Waals surface area contributed by atoms with Crippen molar-refractivity contribution in [1.29, 1.82) is 0 Å². The van der Waals surface area contributed by atoms with Crippen LogP contribution in [0.1, 0.15) is 12.8 Å². The van der Waals surface area contributed by atoms with Crippen LogP contribution < -0.4 is 4.90 Å². The molecular formula is C13H13ClFN3. The lowest BCUT2D eigenvalue weighted by Gasteiger charge is -2.18. The minimum absolute atomic E-state index is 0.279. The topological polar surface area (TPSA) is 21.1 Å². The van der Waals surface area contributed by atoms with Gasteiger partial charge in [-0.2, -0.15) is 5.10 Å². The van der Waals surface area contributed by atoms with E-state index >= 15 is 0 Å². The van der Waals surface area contributed by atoms with Gasteiger partial charge in [-0.25, -0.2) is 9.07 Å². The minimum atomic E-state index is -0.279. The summed E-state index contributed by atoms with van der Waals surface area (Å²) in [7, 11) is 0. The van der Waals surface area contributed by atoms with Gasteiger partial charge in [0.1, 0.15) is 5.69 Å². The fourth-order valence-corrected chi connectivity index (χ4v) is 2.42. The van der Waals surface area contributed by atoms with Gasteiger partial charge in [0.25, 0.3) is 0 Å². The quantitative estimate of drug-likeness (QED) is 0.831. The summed E-state index contributed by atoms with van der Waals surface area (Å²) in [6.45, 7) is 2.01. The molecule has 0 aliphatic carbocycles. The number of anilines is 1. The average Bonchev–Trinajstić information content (AvgIpc) is 2.99. The highest BCUT2D eigenvalue weighted by atomic mass is 35.5. The van der Waals surface area contributed by atoms with E-state index in [9.17, 15) is 4.39 Å². The van der Waals surface area contributed by atoms with Gasteiger partial charge in [0.2, 0.25) is 0 Å². The first-order chi connectivity index (χ1) is 8.74. The third kappa shape index (κ3) is 2.08. The highest BCUT2D eigenvalue weighted by molar-refractivity contribution is 6.30. The number of benzene rings is 1. The van der Waals surface area contributed by atoms with Gasteiger partial charge in [0, 0.05) is 25.0 Å². The standard InChI is InChI=1S/C13H13ClFN3/c14-10-8-16-18(9-10)13-4-3-11(7-12(13)15)17-5-1-2-6-17/h3-4,7-9H,1-2,5-6H2. The lowest BCUT2D eigenvalue weighted by molar-refractivity contribution is 0.610. The summed E-state index contributed by atoms with van der Waals surface area (Å²) in [6.07, 6.45) is 5.45. The van der Waals surface area contributed by atoms with E-state index in [1.165, 1.54) is 23.7 Å². The molecule has 1 aliphatic heterocycles. The largest absolute Gasteiger partial charge is 0.371 e. The van der Waals surface area contributed by atoms with Crippen LogP contribution >= 0.6 is 11.6 Å². The van der Waals surface area contributed by atoms with Gasteiger partial charge in [-0.05, 0) is 31.0 Å². The van der Waals surface area contributed by atoms with E-state index in [1.54, 1.807) is 18.3 Å². The zero-order valence-electron chi connectivity index (χ0n) is 9.81. The summed E-state index contributed by atoms with van der Waals surface area (Å²) >= 11 is 5.78. The van der Waals surface area contributed by atoms with E-state index < -0.39 is 0 Å². The van der Waals surface area contributed by atoms with Crippen LogP contribution in [0.5, 0.6) is 0 Å². The molecule has 1 fully saturated rings. The van der Waals surface area contributed by atoms with Crippen LogP contribution in [-0.2, 0) is 0 Å². The predicted molar refractivity (Wildman–Crippen MR) is 70.0 cm³/mol. The third-order valence-corrected chi connectivity index (χ3v) is 3.40. The Labute approximate surface area is 110 Å². The SMILES string of the molecule is Fc1cc(N2CCCC2)ccc1-n1cc(Cl)cn1.